The van der Waals surface area contributed by atoms with Gasteiger partial charge in [-0.1, -0.05) is 419 Å². The van der Waals surface area contributed by atoms with Gasteiger partial charge in [-0.25, -0.2) is 0 Å². The second-order valence-electron chi connectivity index (χ2n) is 38.9. The normalized spacial score (nSPS) is 14.9. The highest BCUT2D eigenvalue weighted by atomic mass is 15.2. The molecule has 24 aromatic rings. The lowest BCUT2D eigenvalue weighted by atomic mass is 9.65. The first-order chi connectivity index (χ1) is 69.5. The second kappa shape index (κ2) is 28.8. The number of hydrogen-bond donors (Lipinski definition) is 0. The minimum Gasteiger partial charge on any atom is -0.310 e. The molecule has 0 bridgehead atoms. The predicted molar refractivity (Wildman–Crippen MR) is 576 cm³/mol. The molecule has 5 aliphatic carbocycles. The van der Waals surface area contributed by atoms with Gasteiger partial charge >= 0.3 is 0 Å². The molecule has 2 aromatic heterocycles. The van der Waals surface area contributed by atoms with Crippen LogP contribution in [0.2, 0.25) is 0 Å². The zero-order valence-corrected chi connectivity index (χ0v) is 76.3. The molecule has 4 heterocycles. The first-order valence-corrected chi connectivity index (χ1v) is 49.0. The van der Waals surface area contributed by atoms with Gasteiger partial charge < -0.3 is 18.9 Å². The zero-order chi connectivity index (χ0) is 91.4. The maximum absolute atomic E-state index is 2.58. The van der Waals surface area contributed by atoms with Gasteiger partial charge in [-0.3, -0.25) is 0 Å². The van der Waals surface area contributed by atoms with E-state index in [1.807, 2.05) is 0 Å². The molecule has 1 atom stereocenters. The Bertz CT molecular complexity index is 9320. The number of benzene rings is 22. The van der Waals surface area contributed by atoms with Crippen LogP contribution < -0.4 is 9.80 Å². The molecule has 0 amide bonds. The lowest BCUT2D eigenvalue weighted by Crippen LogP contribution is -2.33. The fourth-order valence-corrected chi connectivity index (χ4v) is 27.6. The Hall–Kier alpha value is -18.0. The van der Waals surface area contributed by atoms with Gasteiger partial charge in [0.1, 0.15) is 0 Å². The third-order valence-corrected chi connectivity index (χ3v) is 32.8. The Balaban J connectivity index is 0.542. The van der Waals surface area contributed by atoms with E-state index in [1.165, 1.54) is 205 Å². The van der Waals surface area contributed by atoms with Crippen LogP contribution in [0.1, 0.15) is 89.0 Å². The number of rotatable bonds is 11. The third kappa shape index (κ3) is 9.92. The average Bonchev–Trinajstić information content (AvgIpc) is 1.48. The van der Waals surface area contributed by atoms with E-state index in [-0.39, 0.29) is 0 Å². The average molecular weight is 1770 g/mol. The van der Waals surface area contributed by atoms with Crippen LogP contribution in [0, 0.1) is 0 Å². The van der Waals surface area contributed by atoms with Crippen molar-refractivity contribution in [3.8, 4) is 100 Å². The van der Waals surface area contributed by atoms with E-state index in [0.717, 1.165) is 61.9 Å². The molecule has 22 aromatic carbocycles. The quantitative estimate of drug-likeness (QED) is 0.128. The summed E-state index contributed by atoms with van der Waals surface area (Å²) in [4.78, 5) is 5.11. The van der Waals surface area contributed by atoms with E-state index in [2.05, 4.69) is 529 Å². The fraction of sp³-hybridized carbons (Fsp3) is 0.0294. The van der Waals surface area contributed by atoms with Crippen LogP contribution >= 0.6 is 0 Å². The largest absolute Gasteiger partial charge is 0.310 e. The summed E-state index contributed by atoms with van der Waals surface area (Å²) >= 11 is 0. The molecule has 140 heavy (non-hydrogen) atoms. The number of fused-ring (bicyclic) bond motifs is 37. The number of aromatic nitrogens is 2. The molecule has 7 aliphatic rings. The first kappa shape index (κ1) is 77.3. The third-order valence-electron chi connectivity index (χ3n) is 32.8. The van der Waals surface area contributed by atoms with Crippen molar-refractivity contribution in [2.24, 2.45) is 0 Å². The van der Waals surface area contributed by atoms with Crippen molar-refractivity contribution >= 4 is 77.7 Å². The van der Waals surface area contributed by atoms with E-state index < -0.39 is 21.7 Å². The molecule has 0 saturated heterocycles. The summed E-state index contributed by atoms with van der Waals surface area (Å²) < 4.78 is 5.15. The minimum absolute atomic E-state index is 0.526. The minimum atomic E-state index is -0.743. The molecule has 0 fully saturated rings. The summed E-state index contributed by atoms with van der Waals surface area (Å²) in [6.07, 6.45) is 0. The van der Waals surface area contributed by atoms with Gasteiger partial charge in [0, 0.05) is 55.4 Å². The Morgan fingerprint density at radius 1 is 0.157 bits per heavy atom. The van der Waals surface area contributed by atoms with Crippen molar-refractivity contribution in [1.29, 1.82) is 0 Å². The molecule has 4 heteroatoms. The first-order valence-electron chi connectivity index (χ1n) is 49.0. The van der Waals surface area contributed by atoms with Gasteiger partial charge in [0.05, 0.1) is 66.5 Å². The van der Waals surface area contributed by atoms with Crippen LogP contribution in [-0.4, -0.2) is 9.13 Å². The van der Waals surface area contributed by atoms with E-state index in [9.17, 15) is 0 Å². The summed E-state index contributed by atoms with van der Waals surface area (Å²) in [5, 5.41) is 4.86. The van der Waals surface area contributed by atoms with Crippen LogP contribution in [-0.2, 0) is 21.7 Å². The molecular formula is C136H84N4. The van der Waals surface area contributed by atoms with E-state index >= 15 is 0 Å². The molecular weight excluding hydrogens is 1690 g/mol. The van der Waals surface area contributed by atoms with Gasteiger partial charge in [0.15, 0.2) is 0 Å². The molecule has 2 aliphatic heterocycles. The van der Waals surface area contributed by atoms with Crippen molar-refractivity contribution < 1.29 is 0 Å². The molecule has 4 nitrogen and oxygen atoms in total. The maximum atomic E-state index is 2.58. The molecule has 1 unspecified atom stereocenters. The highest BCUT2D eigenvalue weighted by Gasteiger charge is 2.56. The van der Waals surface area contributed by atoms with Gasteiger partial charge in [-0.2, -0.15) is 0 Å². The Kier molecular flexibility index (Phi) is 15.9. The number of nitrogens with zero attached hydrogens (tertiary/aromatic N) is 4. The Morgan fingerprint density at radius 3 is 0.843 bits per heavy atom. The van der Waals surface area contributed by atoms with Gasteiger partial charge in [-0.05, 0) is 258 Å². The molecule has 0 radical (unpaired) electrons. The fourth-order valence-electron chi connectivity index (χ4n) is 27.6. The van der Waals surface area contributed by atoms with E-state index in [4.69, 9.17) is 0 Å². The molecule has 0 N–H and O–H groups in total. The summed E-state index contributed by atoms with van der Waals surface area (Å²) in [5.41, 5.74) is 51.7. The zero-order valence-electron chi connectivity index (χ0n) is 76.3. The molecule has 0 saturated carbocycles. The Labute approximate surface area is 811 Å². The van der Waals surface area contributed by atoms with Crippen molar-refractivity contribution in [2.45, 2.75) is 21.7 Å². The predicted octanol–water partition coefficient (Wildman–Crippen LogP) is 33.9. The lowest BCUT2D eigenvalue weighted by Gasteiger charge is -2.39. The SMILES string of the molecule is c1ccc(-c2ccc(N(c3ccc4c(c3)c3cccc5c3n4-c3ccccc3C53c4ccccc4-c4ccccc43)c3cccc4c3-c3ccccc3C4(c3ccccc3)c3cccc(-c4ccc(-c5ccc(N(c6ccc7c(c6)c6cccc8c6n7-c6ccccc6C86c7ccccc7-c7ccccc76)c6cccc7c6-c6ccccc6C76c7ccccc7-c7ccccc76)cc5)cc4)c3)cc2)cc1. The summed E-state index contributed by atoms with van der Waals surface area (Å²) in [6.45, 7) is 0. The number of anilines is 6. The molecule has 31 rings (SSSR count). The summed E-state index contributed by atoms with van der Waals surface area (Å²) in [6, 6.07) is 194. The molecule has 3 spiro atoms. The maximum Gasteiger partial charge on any atom is 0.0754 e. The Morgan fingerprint density at radius 2 is 0.429 bits per heavy atom. The smallest absolute Gasteiger partial charge is 0.0754 e. The van der Waals surface area contributed by atoms with E-state index in [1.54, 1.807) is 0 Å². The van der Waals surface area contributed by atoms with Crippen LogP contribution in [0.5, 0.6) is 0 Å². The van der Waals surface area contributed by atoms with Crippen molar-refractivity contribution in [3.05, 3.63) is 599 Å². The van der Waals surface area contributed by atoms with Crippen LogP contribution in [0.3, 0.4) is 0 Å². The monoisotopic (exact) mass is 1770 g/mol. The number of hydrogen-bond acceptors (Lipinski definition) is 2. The highest BCUT2D eigenvalue weighted by molar-refractivity contribution is 6.17. The van der Waals surface area contributed by atoms with E-state index in [0.29, 0.717) is 0 Å². The van der Waals surface area contributed by atoms with Crippen LogP contribution in [0.25, 0.3) is 144 Å². The topological polar surface area (TPSA) is 16.3 Å². The highest BCUT2D eigenvalue weighted by Crippen LogP contribution is 2.69. The van der Waals surface area contributed by atoms with Crippen LogP contribution in [0.15, 0.2) is 510 Å². The van der Waals surface area contributed by atoms with Gasteiger partial charge in [0.25, 0.3) is 0 Å². The van der Waals surface area contributed by atoms with Crippen molar-refractivity contribution in [1.82, 2.24) is 9.13 Å². The standard InChI is InChI=1S/C136H84N4/c1-3-32-85(33-4-1)87-70-74-93(75-71-87)137(95-78-80-123-107(83-95)103-46-28-60-121-131(103)139(123)125-62-25-23-56-117(125)135(121)111-50-17-9-40-99(111)100-41-10-18-51-112(100)135)127-64-30-58-119-129(127)105-44-13-21-54-115(105)133(119,91-35-5-2-6-36-91)92-37-27-34-90(82-92)89-68-66-86(67-69-89)88-72-76-94(77-73-88)138(128-65-31-59-120-130(128)106-45-14-22-55-116(106)134(120)109-48-15-7-38-97(109)98-39-8-16-49-110(98)134)96-79-81-124-108(84-96)104-47-29-61-122-132(104)140(124)126-63-26-24-57-118(126)136(122)113-52-19-11-42-101(113)102-43-12-20-53-114(102)136/h1-84H. The number of para-hydroxylation sites is 4. The van der Waals surface area contributed by atoms with Crippen molar-refractivity contribution in [2.75, 3.05) is 9.80 Å². The van der Waals surface area contributed by atoms with Crippen molar-refractivity contribution in [3.63, 3.8) is 0 Å². The summed E-state index contributed by atoms with van der Waals surface area (Å²) in [7, 11) is 0. The lowest BCUT2D eigenvalue weighted by molar-refractivity contribution is 0.748. The molecule has 648 valence electrons. The van der Waals surface area contributed by atoms with Crippen LogP contribution in [0.4, 0.5) is 34.1 Å². The van der Waals surface area contributed by atoms with Gasteiger partial charge in [-0.15, -0.1) is 0 Å². The van der Waals surface area contributed by atoms with Gasteiger partial charge in [0.2, 0.25) is 0 Å². The second-order valence-corrected chi connectivity index (χ2v) is 38.9. The summed E-state index contributed by atoms with van der Waals surface area (Å²) in [5.74, 6) is 0.